The molecule has 2 rings (SSSR count). The Kier molecular flexibility index (Phi) is 5.19. The van der Waals surface area contributed by atoms with E-state index in [-0.39, 0.29) is 11.9 Å². The number of hydrogen-bond acceptors (Lipinski definition) is 4. The van der Waals surface area contributed by atoms with Crippen molar-refractivity contribution in [2.75, 3.05) is 6.54 Å². The van der Waals surface area contributed by atoms with E-state index in [2.05, 4.69) is 16.8 Å². The van der Waals surface area contributed by atoms with Gasteiger partial charge in [0.25, 0.3) is 0 Å². The van der Waals surface area contributed by atoms with Gasteiger partial charge in [0.15, 0.2) is 0 Å². The zero-order valence-electron chi connectivity index (χ0n) is 11.1. The Bertz CT molecular complexity index is 431. The number of hydrogen-bond donors (Lipinski definition) is 1. The van der Waals surface area contributed by atoms with Crippen LogP contribution in [-0.2, 0) is 10.7 Å². The number of halogens is 1. The normalized spacial score (nSPS) is 18.1. The Hall–Kier alpha value is -0.650. The molecule has 1 aliphatic carbocycles. The summed E-state index contributed by atoms with van der Waals surface area (Å²) in [6.07, 6.45) is 4.76. The maximum absolute atomic E-state index is 11.3. The third kappa shape index (κ3) is 3.68. The van der Waals surface area contributed by atoms with E-state index in [9.17, 15) is 4.79 Å². The van der Waals surface area contributed by atoms with Crippen LogP contribution < -0.4 is 5.73 Å². The van der Waals surface area contributed by atoms with Crippen molar-refractivity contribution in [1.29, 1.82) is 0 Å². The Morgan fingerprint density at radius 2 is 2.32 bits per heavy atom. The van der Waals surface area contributed by atoms with Gasteiger partial charge in [-0.15, -0.1) is 22.9 Å². The first-order valence-electron chi connectivity index (χ1n) is 6.66. The molecule has 106 valence electrons. The van der Waals surface area contributed by atoms with Crippen molar-refractivity contribution < 1.29 is 4.79 Å². The summed E-state index contributed by atoms with van der Waals surface area (Å²) in [5.41, 5.74) is 6.29. The van der Waals surface area contributed by atoms with E-state index < -0.39 is 0 Å². The molecule has 0 aromatic carbocycles. The lowest BCUT2D eigenvalue weighted by Crippen LogP contribution is -2.41. The topological polar surface area (TPSA) is 59.2 Å². The van der Waals surface area contributed by atoms with Crippen molar-refractivity contribution in [2.45, 2.75) is 50.6 Å². The summed E-state index contributed by atoms with van der Waals surface area (Å²) in [5, 5.41) is 3.00. The Balaban J connectivity index is 2.13. The molecule has 1 aliphatic rings. The molecule has 1 fully saturated rings. The van der Waals surface area contributed by atoms with Gasteiger partial charge in [0.1, 0.15) is 5.01 Å². The number of alkyl halides is 1. The predicted octanol–water partition coefficient (Wildman–Crippen LogP) is 2.67. The summed E-state index contributed by atoms with van der Waals surface area (Å²) in [5.74, 6) is 0.163. The summed E-state index contributed by atoms with van der Waals surface area (Å²) >= 11 is 7.40. The van der Waals surface area contributed by atoms with Gasteiger partial charge < -0.3 is 5.73 Å². The first kappa shape index (κ1) is 14.8. The molecule has 0 aliphatic heterocycles. The van der Waals surface area contributed by atoms with Crippen LogP contribution in [0.25, 0.3) is 0 Å². The molecule has 0 spiro atoms. The van der Waals surface area contributed by atoms with Crippen LogP contribution in [0.15, 0.2) is 5.38 Å². The largest absolute Gasteiger partial charge is 0.369 e. The average Bonchev–Trinajstić information content (AvgIpc) is 3.05. The SMILES string of the molecule is CC(c1nc(CCl)cs1)N(CC(N)=O)C1CCCC1. The summed E-state index contributed by atoms with van der Waals surface area (Å²) in [6.45, 7) is 2.40. The molecule has 0 bridgehead atoms. The molecule has 1 heterocycles. The van der Waals surface area contributed by atoms with Crippen LogP contribution in [0.1, 0.15) is 49.4 Å². The number of carbonyl (C=O) groups excluding carboxylic acids is 1. The molecule has 4 nitrogen and oxygen atoms in total. The minimum atomic E-state index is -0.270. The molecule has 19 heavy (non-hydrogen) atoms. The Labute approximate surface area is 122 Å². The molecular weight excluding hydrogens is 282 g/mol. The molecule has 0 saturated heterocycles. The van der Waals surface area contributed by atoms with Gasteiger partial charge in [0.2, 0.25) is 5.91 Å². The van der Waals surface area contributed by atoms with Crippen LogP contribution >= 0.6 is 22.9 Å². The molecule has 2 N–H and O–H groups in total. The molecule has 1 saturated carbocycles. The van der Waals surface area contributed by atoms with E-state index in [1.807, 2.05) is 5.38 Å². The highest BCUT2D eigenvalue weighted by molar-refractivity contribution is 7.09. The van der Waals surface area contributed by atoms with Crippen LogP contribution in [-0.4, -0.2) is 28.4 Å². The minimum absolute atomic E-state index is 0.123. The zero-order chi connectivity index (χ0) is 13.8. The molecule has 1 amide bonds. The number of rotatable bonds is 6. The second kappa shape index (κ2) is 6.68. The standard InChI is InChI=1S/C13H20ClN3OS/c1-9(13-16-10(6-14)8-19-13)17(7-12(15)18)11-4-2-3-5-11/h8-9,11H,2-7H2,1H3,(H2,15,18). The van der Waals surface area contributed by atoms with Gasteiger partial charge in [-0.25, -0.2) is 4.98 Å². The van der Waals surface area contributed by atoms with Crippen molar-refractivity contribution in [3.63, 3.8) is 0 Å². The van der Waals surface area contributed by atoms with Gasteiger partial charge in [-0.05, 0) is 19.8 Å². The van der Waals surface area contributed by atoms with E-state index in [0.29, 0.717) is 18.5 Å². The summed E-state index contributed by atoms with van der Waals surface area (Å²) in [4.78, 5) is 18.0. The molecule has 6 heteroatoms. The van der Waals surface area contributed by atoms with Crippen molar-refractivity contribution in [3.8, 4) is 0 Å². The van der Waals surface area contributed by atoms with E-state index in [0.717, 1.165) is 23.5 Å². The highest BCUT2D eigenvalue weighted by Crippen LogP contribution is 2.32. The highest BCUT2D eigenvalue weighted by Gasteiger charge is 2.29. The maximum Gasteiger partial charge on any atom is 0.231 e. The number of carbonyl (C=O) groups is 1. The van der Waals surface area contributed by atoms with E-state index in [1.54, 1.807) is 11.3 Å². The Morgan fingerprint density at radius 1 is 1.63 bits per heavy atom. The monoisotopic (exact) mass is 301 g/mol. The molecule has 1 atom stereocenters. The number of aromatic nitrogens is 1. The highest BCUT2D eigenvalue weighted by atomic mass is 35.5. The van der Waals surface area contributed by atoms with Crippen molar-refractivity contribution in [3.05, 3.63) is 16.1 Å². The van der Waals surface area contributed by atoms with E-state index in [1.165, 1.54) is 12.8 Å². The number of amides is 1. The summed E-state index contributed by atoms with van der Waals surface area (Å²) in [7, 11) is 0. The molecular formula is C13H20ClN3OS. The quantitative estimate of drug-likeness (QED) is 0.822. The van der Waals surface area contributed by atoms with Crippen LogP contribution in [0.2, 0.25) is 0 Å². The van der Waals surface area contributed by atoms with Gasteiger partial charge in [-0.2, -0.15) is 0 Å². The number of nitrogens with zero attached hydrogens (tertiary/aromatic N) is 2. The molecule has 0 radical (unpaired) electrons. The third-order valence-corrected chi connectivity index (χ3v) is 5.03. The van der Waals surface area contributed by atoms with Crippen molar-refractivity contribution >= 4 is 28.8 Å². The lowest BCUT2D eigenvalue weighted by atomic mass is 10.1. The second-order valence-corrected chi connectivity index (χ2v) is 6.22. The first-order valence-corrected chi connectivity index (χ1v) is 8.07. The lowest BCUT2D eigenvalue weighted by Gasteiger charge is -2.32. The van der Waals surface area contributed by atoms with Gasteiger partial charge in [0.05, 0.1) is 24.2 Å². The lowest BCUT2D eigenvalue weighted by molar-refractivity contribution is -0.120. The number of thiazole rings is 1. The van der Waals surface area contributed by atoms with Crippen molar-refractivity contribution in [2.24, 2.45) is 5.73 Å². The van der Waals surface area contributed by atoms with Gasteiger partial charge in [-0.3, -0.25) is 9.69 Å². The van der Waals surface area contributed by atoms with Crippen LogP contribution in [0, 0.1) is 0 Å². The molecule has 1 aromatic heterocycles. The van der Waals surface area contributed by atoms with Gasteiger partial charge in [-0.1, -0.05) is 12.8 Å². The maximum atomic E-state index is 11.3. The Morgan fingerprint density at radius 3 is 2.84 bits per heavy atom. The summed E-state index contributed by atoms with van der Waals surface area (Å²) in [6, 6.07) is 0.573. The zero-order valence-corrected chi connectivity index (χ0v) is 12.7. The number of primary amides is 1. The fourth-order valence-corrected chi connectivity index (χ4v) is 3.84. The van der Waals surface area contributed by atoms with Crippen molar-refractivity contribution in [1.82, 2.24) is 9.88 Å². The van der Waals surface area contributed by atoms with Crippen LogP contribution in [0.5, 0.6) is 0 Å². The van der Waals surface area contributed by atoms with Crippen LogP contribution in [0.4, 0.5) is 0 Å². The average molecular weight is 302 g/mol. The van der Waals surface area contributed by atoms with Gasteiger partial charge >= 0.3 is 0 Å². The van der Waals surface area contributed by atoms with Gasteiger partial charge in [0, 0.05) is 11.4 Å². The molecule has 1 aromatic rings. The first-order chi connectivity index (χ1) is 9.11. The van der Waals surface area contributed by atoms with Crippen LogP contribution in [0.3, 0.4) is 0 Å². The molecule has 1 unspecified atom stereocenters. The fourth-order valence-electron chi connectivity index (χ4n) is 2.72. The predicted molar refractivity (Wildman–Crippen MR) is 78.2 cm³/mol. The second-order valence-electron chi connectivity index (χ2n) is 5.06. The fraction of sp³-hybridized carbons (Fsp3) is 0.692. The number of nitrogens with two attached hydrogens (primary N) is 1. The summed E-state index contributed by atoms with van der Waals surface area (Å²) < 4.78 is 0. The van der Waals surface area contributed by atoms with E-state index in [4.69, 9.17) is 17.3 Å². The third-order valence-electron chi connectivity index (χ3n) is 3.69. The minimum Gasteiger partial charge on any atom is -0.369 e. The smallest absolute Gasteiger partial charge is 0.231 e. The van der Waals surface area contributed by atoms with E-state index >= 15 is 0 Å².